The van der Waals surface area contributed by atoms with Gasteiger partial charge in [-0.1, -0.05) is 0 Å². The molecule has 2 N–H and O–H groups in total. The molecule has 1 aromatic rings. The number of hydrogen-bond acceptors (Lipinski definition) is 3. The molecule has 0 aromatic heterocycles. The quantitative estimate of drug-likeness (QED) is 0.843. The van der Waals surface area contributed by atoms with E-state index in [2.05, 4.69) is 0 Å². The van der Waals surface area contributed by atoms with Crippen LogP contribution in [-0.4, -0.2) is 13.1 Å². The SMILES string of the molecule is CCN(CCC#N)c1ccc(C(F)(F)F)cc1N. The van der Waals surface area contributed by atoms with Gasteiger partial charge in [0.05, 0.1) is 29.4 Å². The van der Waals surface area contributed by atoms with Gasteiger partial charge in [0.25, 0.3) is 0 Å². The third kappa shape index (κ3) is 3.29. The summed E-state index contributed by atoms with van der Waals surface area (Å²) in [5.74, 6) is 0. The maximum absolute atomic E-state index is 12.5. The van der Waals surface area contributed by atoms with Crippen LogP contribution in [0.3, 0.4) is 0 Å². The van der Waals surface area contributed by atoms with E-state index >= 15 is 0 Å². The Bertz CT molecular complexity index is 449. The van der Waals surface area contributed by atoms with Gasteiger partial charge in [-0.25, -0.2) is 0 Å². The number of benzene rings is 1. The molecule has 0 spiro atoms. The molecule has 0 saturated carbocycles. The Morgan fingerprint density at radius 2 is 2.06 bits per heavy atom. The number of nitrogens with zero attached hydrogens (tertiary/aromatic N) is 2. The lowest BCUT2D eigenvalue weighted by Crippen LogP contribution is -2.24. The lowest BCUT2D eigenvalue weighted by Gasteiger charge is -2.24. The molecular weight excluding hydrogens is 243 g/mol. The van der Waals surface area contributed by atoms with Crippen molar-refractivity contribution in [2.45, 2.75) is 19.5 Å². The Labute approximate surface area is 104 Å². The van der Waals surface area contributed by atoms with E-state index in [9.17, 15) is 13.2 Å². The molecule has 98 valence electrons. The summed E-state index contributed by atoms with van der Waals surface area (Å²) in [5.41, 5.74) is 5.48. The maximum Gasteiger partial charge on any atom is 0.416 e. The van der Waals surface area contributed by atoms with E-state index in [1.165, 1.54) is 6.07 Å². The molecule has 0 fully saturated rings. The fourth-order valence-electron chi connectivity index (χ4n) is 1.65. The molecule has 6 heteroatoms. The first kappa shape index (κ1) is 14.2. The summed E-state index contributed by atoms with van der Waals surface area (Å²) in [6.45, 7) is 2.88. The van der Waals surface area contributed by atoms with E-state index < -0.39 is 11.7 Å². The normalized spacial score (nSPS) is 11.1. The van der Waals surface area contributed by atoms with Crippen LogP contribution in [-0.2, 0) is 6.18 Å². The molecule has 0 bridgehead atoms. The minimum Gasteiger partial charge on any atom is -0.397 e. The largest absolute Gasteiger partial charge is 0.416 e. The molecule has 0 unspecified atom stereocenters. The molecule has 0 atom stereocenters. The van der Waals surface area contributed by atoms with E-state index in [0.717, 1.165) is 12.1 Å². The number of anilines is 2. The first-order valence-electron chi connectivity index (χ1n) is 5.48. The zero-order valence-corrected chi connectivity index (χ0v) is 9.96. The highest BCUT2D eigenvalue weighted by atomic mass is 19.4. The molecule has 1 rings (SSSR count). The van der Waals surface area contributed by atoms with Crippen molar-refractivity contribution in [1.82, 2.24) is 0 Å². The number of halogens is 3. The number of nitriles is 1. The second-order valence-corrected chi connectivity index (χ2v) is 3.76. The summed E-state index contributed by atoms with van der Waals surface area (Å²) >= 11 is 0. The first-order chi connectivity index (χ1) is 8.40. The summed E-state index contributed by atoms with van der Waals surface area (Å²) in [4.78, 5) is 1.78. The Morgan fingerprint density at radius 1 is 1.39 bits per heavy atom. The second-order valence-electron chi connectivity index (χ2n) is 3.76. The zero-order valence-electron chi connectivity index (χ0n) is 9.96. The van der Waals surface area contributed by atoms with Crippen LogP contribution in [0, 0.1) is 11.3 Å². The first-order valence-corrected chi connectivity index (χ1v) is 5.48. The number of alkyl halides is 3. The van der Waals surface area contributed by atoms with E-state index in [1.807, 2.05) is 13.0 Å². The van der Waals surface area contributed by atoms with Crippen molar-refractivity contribution in [2.24, 2.45) is 0 Å². The van der Waals surface area contributed by atoms with Gasteiger partial charge in [0.15, 0.2) is 0 Å². The monoisotopic (exact) mass is 257 g/mol. The van der Waals surface area contributed by atoms with Crippen LogP contribution in [0.25, 0.3) is 0 Å². The van der Waals surface area contributed by atoms with Crippen LogP contribution in [0.5, 0.6) is 0 Å². The lowest BCUT2D eigenvalue weighted by atomic mass is 10.1. The minimum absolute atomic E-state index is 0.0737. The van der Waals surface area contributed by atoms with Gasteiger partial charge >= 0.3 is 6.18 Å². The maximum atomic E-state index is 12.5. The fraction of sp³-hybridized carbons (Fsp3) is 0.417. The van der Waals surface area contributed by atoms with Gasteiger partial charge in [-0.3, -0.25) is 0 Å². The van der Waals surface area contributed by atoms with Crippen LogP contribution in [0.15, 0.2) is 18.2 Å². The van der Waals surface area contributed by atoms with Crippen molar-refractivity contribution in [2.75, 3.05) is 23.7 Å². The van der Waals surface area contributed by atoms with Gasteiger partial charge in [-0.15, -0.1) is 0 Å². The predicted octanol–water partition coefficient (Wildman–Crippen LogP) is 3.03. The van der Waals surface area contributed by atoms with Crippen LogP contribution in [0.2, 0.25) is 0 Å². The summed E-state index contributed by atoms with van der Waals surface area (Å²) < 4.78 is 37.4. The van der Waals surface area contributed by atoms with Crippen molar-refractivity contribution >= 4 is 11.4 Å². The van der Waals surface area contributed by atoms with Crippen LogP contribution in [0.1, 0.15) is 18.9 Å². The summed E-state index contributed by atoms with van der Waals surface area (Å²) in [7, 11) is 0. The van der Waals surface area contributed by atoms with E-state index in [-0.39, 0.29) is 5.69 Å². The fourth-order valence-corrected chi connectivity index (χ4v) is 1.65. The Balaban J connectivity index is 3.01. The summed E-state index contributed by atoms with van der Waals surface area (Å²) in [6.07, 6.45) is -4.09. The molecule has 0 aliphatic rings. The van der Waals surface area contributed by atoms with Crippen LogP contribution in [0.4, 0.5) is 24.5 Å². The number of hydrogen-bond donors (Lipinski definition) is 1. The third-order valence-corrected chi connectivity index (χ3v) is 2.57. The number of nitrogens with two attached hydrogens (primary N) is 1. The van der Waals surface area contributed by atoms with E-state index in [1.54, 1.807) is 4.90 Å². The van der Waals surface area contributed by atoms with E-state index in [0.29, 0.717) is 25.2 Å². The van der Waals surface area contributed by atoms with Crippen molar-refractivity contribution < 1.29 is 13.2 Å². The number of rotatable bonds is 4. The highest BCUT2D eigenvalue weighted by Gasteiger charge is 2.31. The Hall–Kier alpha value is -1.90. The van der Waals surface area contributed by atoms with Crippen molar-refractivity contribution in [3.05, 3.63) is 23.8 Å². The molecule has 0 aliphatic heterocycles. The molecule has 0 aliphatic carbocycles. The molecule has 18 heavy (non-hydrogen) atoms. The zero-order chi connectivity index (χ0) is 13.8. The average Bonchev–Trinajstić information content (AvgIpc) is 2.30. The standard InChI is InChI=1S/C12H14F3N3/c1-2-18(7-3-6-16)11-5-4-9(8-10(11)17)12(13,14)15/h4-5,8H,2-3,7,17H2,1H3. The molecular formula is C12H14F3N3. The lowest BCUT2D eigenvalue weighted by molar-refractivity contribution is -0.137. The molecule has 0 amide bonds. The number of nitrogen functional groups attached to an aromatic ring is 1. The molecule has 0 saturated heterocycles. The van der Waals surface area contributed by atoms with Crippen molar-refractivity contribution in [3.8, 4) is 6.07 Å². The van der Waals surface area contributed by atoms with Crippen molar-refractivity contribution in [3.63, 3.8) is 0 Å². The highest BCUT2D eigenvalue weighted by molar-refractivity contribution is 5.68. The molecule has 1 aromatic carbocycles. The smallest absolute Gasteiger partial charge is 0.397 e. The van der Waals surface area contributed by atoms with Crippen LogP contribution >= 0.6 is 0 Å². The Kier molecular flexibility index (Phi) is 4.43. The molecule has 3 nitrogen and oxygen atoms in total. The average molecular weight is 257 g/mol. The van der Waals surface area contributed by atoms with Crippen LogP contribution < -0.4 is 10.6 Å². The second kappa shape index (κ2) is 5.63. The minimum atomic E-state index is -4.39. The Morgan fingerprint density at radius 3 is 2.50 bits per heavy atom. The van der Waals surface area contributed by atoms with Gasteiger partial charge in [0.2, 0.25) is 0 Å². The predicted molar refractivity (Wildman–Crippen MR) is 64.0 cm³/mol. The van der Waals surface area contributed by atoms with Gasteiger partial charge in [-0.05, 0) is 25.1 Å². The topological polar surface area (TPSA) is 53.0 Å². The van der Waals surface area contributed by atoms with Gasteiger partial charge in [-0.2, -0.15) is 18.4 Å². The van der Waals surface area contributed by atoms with Crippen molar-refractivity contribution in [1.29, 1.82) is 5.26 Å². The van der Waals surface area contributed by atoms with Gasteiger partial charge < -0.3 is 10.6 Å². The summed E-state index contributed by atoms with van der Waals surface area (Å²) in [5, 5.41) is 8.52. The van der Waals surface area contributed by atoms with E-state index in [4.69, 9.17) is 11.0 Å². The molecule has 0 heterocycles. The highest BCUT2D eigenvalue weighted by Crippen LogP contribution is 2.34. The summed E-state index contributed by atoms with van der Waals surface area (Å²) in [6, 6.07) is 5.26. The molecule has 0 radical (unpaired) electrons. The third-order valence-electron chi connectivity index (χ3n) is 2.57. The van der Waals surface area contributed by atoms with Gasteiger partial charge in [0.1, 0.15) is 0 Å². The van der Waals surface area contributed by atoms with Gasteiger partial charge in [0, 0.05) is 13.1 Å².